The molecular weight excluding hydrogens is 336 g/mol. The lowest BCUT2D eigenvalue weighted by molar-refractivity contribution is 0.0701. The van der Waals surface area contributed by atoms with Crippen LogP contribution in [-0.4, -0.2) is 52.6 Å². The average molecular weight is 369 g/mol. The maximum absolute atomic E-state index is 11.7. The van der Waals surface area contributed by atoms with Crippen LogP contribution in [0.15, 0.2) is 30.3 Å². The van der Waals surface area contributed by atoms with Gasteiger partial charge >= 0.3 is 14.8 Å². The van der Waals surface area contributed by atoms with E-state index in [1.54, 1.807) is 4.90 Å². The van der Waals surface area contributed by atoms with Crippen molar-refractivity contribution in [1.29, 1.82) is 0 Å². The molecule has 2 amide bonds. The third kappa shape index (κ3) is 8.00. The highest BCUT2D eigenvalue weighted by Gasteiger charge is 2.39. The van der Waals surface area contributed by atoms with Crippen molar-refractivity contribution in [2.45, 2.75) is 39.7 Å². The Morgan fingerprint density at radius 2 is 1.56 bits per heavy atom. The number of carbonyl (C=O) groups is 1. The van der Waals surface area contributed by atoms with E-state index in [1.807, 2.05) is 39.0 Å². The smallest absolute Gasteiger partial charge is 0.374 e. The molecule has 1 aromatic rings. The van der Waals surface area contributed by atoms with Gasteiger partial charge in [0.2, 0.25) is 0 Å². The first-order valence-electron chi connectivity index (χ1n) is 9.07. The second-order valence-corrected chi connectivity index (χ2v) is 8.38. The van der Waals surface area contributed by atoms with Gasteiger partial charge in [-0.15, -0.1) is 0 Å². The van der Waals surface area contributed by atoms with Gasteiger partial charge in [0, 0.05) is 39.0 Å². The van der Waals surface area contributed by atoms with E-state index in [0.717, 1.165) is 12.8 Å². The van der Waals surface area contributed by atoms with Crippen LogP contribution < -0.4 is 5.73 Å². The summed E-state index contributed by atoms with van der Waals surface area (Å²) in [5.41, 5.74) is 6.72. The molecule has 1 rings (SSSR count). The quantitative estimate of drug-likeness (QED) is 0.543. The molecule has 0 bridgehead atoms. The topological polar surface area (TPSA) is 74.0 Å². The van der Waals surface area contributed by atoms with Crippen molar-refractivity contribution in [2.24, 2.45) is 5.73 Å². The summed E-state index contributed by atoms with van der Waals surface area (Å²) in [5, 5.41) is 0. The summed E-state index contributed by atoms with van der Waals surface area (Å²) >= 11 is 0. The van der Waals surface area contributed by atoms with Gasteiger partial charge in [0.15, 0.2) is 0 Å². The number of hydrogen-bond donors (Lipinski definition) is 1. The van der Waals surface area contributed by atoms with Crippen LogP contribution in [0.4, 0.5) is 4.79 Å². The minimum absolute atomic E-state index is 0.396. The average Bonchev–Trinajstić information content (AvgIpc) is 2.59. The van der Waals surface area contributed by atoms with Crippen LogP contribution in [0.25, 0.3) is 0 Å². The summed E-state index contributed by atoms with van der Waals surface area (Å²) in [6.45, 7) is 8.66. The molecular formula is C18H32N2O4Si. The Labute approximate surface area is 152 Å². The molecule has 0 aromatic heterocycles. The van der Waals surface area contributed by atoms with Crippen LogP contribution >= 0.6 is 0 Å². The maximum atomic E-state index is 11.7. The molecule has 0 heterocycles. The fourth-order valence-corrected chi connectivity index (χ4v) is 5.32. The highest BCUT2D eigenvalue weighted by Crippen LogP contribution is 2.18. The molecule has 25 heavy (non-hydrogen) atoms. The molecule has 1 aromatic carbocycles. The van der Waals surface area contributed by atoms with Crippen molar-refractivity contribution in [1.82, 2.24) is 4.90 Å². The van der Waals surface area contributed by atoms with E-state index in [4.69, 9.17) is 19.0 Å². The Morgan fingerprint density at radius 3 is 2.04 bits per heavy atom. The molecule has 0 aliphatic heterocycles. The van der Waals surface area contributed by atoms with Gasteiger partial charge < -0.3 is 23.9 Å². The van der Waals surface area contributed by atoms with Gasteiger partial charge in [-0.1, -0.05) is 30.3 Å². The Hall–Kier alpha value is -1.41. The number of primary amides is 1. The van der Waals surface area contributed by atoms with Crippen LogP contribution in [0.3, 0.4) is 0 Å². The molecule has 7 heteroatoms. The number of benzene rings is 1. The van der Waals surface area contributed by atoms with Crippen molar-refractivity contribution in [2.75, 3.05) is 32.9 Å². The summed E-state index contributed by atoms with van der Waals surface area (Å²) in [6, 6.07) is 10.4. The minimum atomic E-state index is -2.66. The number of amides is 2. The molecule has 0 aliphatic carbocycles. The summed E-state index contributed by atoms with van der Waals surface area (Å²) in [5.74, 6) is 0. The lowest BCUT2D eigenvalue weighted by Gasteiger charge is -2.29. The standard InChI is InChI=1S/C18H32N2O4Si/c1-4-22-25(23-5-2,24-6-3)16-10-14-20(18(19)21)15-13-17-11-8-7-9-12-17/h7-9,11-12H,4-6,10,13-16H2,1-3H3,(H2,19,21). The number of hydrogen-bond acceptors (Lipinski definition) is 4. The Morgan fingerprint density at radius 1 is 1.00 bits per heavy atom. The number of carbonyl (C=O) groups excluding carboxylic acids is 1. The molecule has 142 valence electrons. The van der Waals surface area contributed by atoms with Crippen LogP contribution in [-0.2, 0) is 19.7 Å². The number of nitrogens with two attached hydrogens (primary N) is 1. The van der Waals surface area contributed by atoms with Crippen LogP contribution in [0.2, 0.25) is 6.04 Å². The SMILES string of the molecule is CCO[Si](CCCN(CCc1ccccc1)C(N)=O)(OCC)OCC. The fraction of sp³-hybridized carbons (Fsp3) is 0.611. The van der Waals surface area contributed by atoms with E-state index in [1.165, 1.54) is 5.56 Å². The highest BCUT2D eigenvalue weighted by molar-refractivity contribution is 6.60. The van der Waals surface area contributed by atoms with Gasteiger partial charge in [0.25, 0.3) is 0 Å². The highest BCUT2D eigenvalue weighted by atomic mass is 28.4. The number of rotatable bonds is 13. The maximum Gasteiger partial charge on any atom is 0.500 e. The Bertz CT molecular complexity index is 470. The first-order chi connectivity index (χ1) is 12.1. The molecule has 0 aliphatic rings. The molecule has 0 spiro atoms. The van der Waals surface area contributed by atoms with E-state index in [2.05, 4.69) is 12.1 Å². The Kier molecular flexibility index (Phi) is 10.4. The van der Waals surface area contributed by atoms with Gasteiger partial charge in [0.1, 0.15) is 0 Å². The zero-order valence-corrected chi connectivity index (χ0v) is 16.7. The molecule has 0 fully saturated rings. The molecule has 2 N–H and O–H groups in total. The summed E-state index contributed by atoms with van der Waals surface area (Å²) in [4.78, 5) is 13.4. The Balaban J connectivity index is 2.55. The fourth-order valence-electron chi connectivity index (χ4n) is 2.73. The lowest BCUT2D eigenvalue weighted by Crippen LogP contribution is -2.47. The zero-order valence-electron chi connectivity index (χ0n) is 15.7. The summed E-state index contributed by atoms with van der Waals surface area (Å²) in [7, 11) is -2.66. The molecule has 0 atom stereocenters. The van der Waals surface area contributed by atoms with Gasteiger partial charge in [-0.3, -0.25) is 0 Å². The van der Waals surface area contributed by atoms with Crippen molar-refractivity contribution < 1.29 is 18.1 Å². The monoisotopic (exact) mass is 368 g/mol. The molecule has 0 saturated carbocycles. The predicted octanol–water partition coefficient (Wildman–Crippen LogP) is 3.05. The normalized spacial score (nSPS) is 11.5. The predicted molar refractivity (Wildman–Crippen MR) is 101 cm³/mol. The number of nitrogens with zero attached hydrogens (tertiary/aromatic N) is 1. The first-order valence-corrected chi connectivity index (χ1v) is 11.0. The van der Waals surface area contributed by atoms with Crippen molar-refractivity contribution in [3.8, 4) is 0 Å². The van der Waals surface area contributed by atoms with E-state index < -0.39 is 14.8 Å². The molecule has 6 nitrogen and oxygen atoms in total. The van der Waals surface area contributed by atoms with E-state index in [0.29, 0.717) is 39.0 Å². The lowest BCUT2D eigenvalue weighted by atomic mass is 10.1. The van der Waals surface area contributed by atoms with Gasteiger partial charge in [-0.05, 0) is 39.2 Å². The largest absolute Gasteiger partial charge is 0.500 e. The summed E-state index contributed by atoms with van der Waals surface area (Å²) in [6.07, 6.45) is 1.53. The molecule has 0 unspecified atom stereocenters. The summed E-state index contributed by atoms with van der Waals surface area (Å²) < 4.78 is 17.5. The van der Waals surface area contributed by atoms with Gasteiger partial charge in [0.05, 0.1) is 0 Å². The first kappa shape index (κ1) is 21.6. The second kappa shape index (κ2) is 12.0. The minimum Gasteiger partial charge on any atom is -0.374 e. The van der Waals surface area contributed by atoms with E-state index >= 15 is 0 Å². The van der Waals surface area contributed by atoms with Crippen molar-refractivity contribution in [3.63, 3.8) is 0 Å². The van der Waals surface area contributed by atoms with E-state index in [-0.39, 0.29) is 0 Å². The van der Waals surface area contributed by atoms with Gasteiger partial charge in [-0.25, -0.2) is 4.79 Å². The van der Waals surface area contributed by atoms with Crippen molar-refractivity contribution in [3.05, 3.63) is 35.9 Å². The van der Waals surface area contributed by atoms with Crippen LogP contribution in [0.1, 0.15) is 32.8 Å². The number of urea groups is 1. The molecule has 0 saturated heterocycles. The zero-order chi connectivity index (χ0) is 18.5. The second-order valence-electron chi connectivity index (χ2n) is 5.65. The third-order valence-electron chi connectivity index (χ3n) is 3.83. The van der Waals surface area contributed by atoms with Crippen LogP contribution in [0, 0.1) is 0 Å². The van der Waals surface area contributed by atoms with Gasteiger partial charge in [-0.2, -0.15) is 0 Å². The third-order valence-corrected chi connectivity index (χ3v) is 6.98. The molecule has 0 radical (unpaired) electrons. The van der Waals surface area contributed by atoms with Crippen LogP contribution in [0.5, 0.6) is 0 Å². The van der Waals surface area contributed by atoms with Crippen molar-refractivity contribution >= 4 is 14.8 Å². The van der Waals surface area contributed by atoms with E-state index in [9.17, 15) is 4.79 Å².